The SMILES string of the molecule is CCCNc1nc(N(CC)CC)nc(N2CCc3ccccc3C2)n1. The van der Waals surface area contributed by atoms with Gasteiger partial charge in [0.15, 0.2) is 0 Å². The van der Waals surface area contributed by atoms with Crippen LogP contribution >= 0.6 is 0 Å². The second-order valence-corrected chi connectivity index (χ2v) is 6.30. The third-order valence-corrected chi connectivity index (χ3v) is 4.60. The average Bonchev–Trinajstić information content (AvgIpc) is 2.67. The Labute approximate surface area is 150 Å². The molecule has 0 saturated heterocycles. The smallest absolute Gasteiger partial charge is 0.232 e. The number of nitrogens with one attached hydrogen (secondary N) is 1. The molecule has 0 amide bonds. The van der Waals surface area contributed by atoms with Gasteiger partial charge in [-0.1, -0.05) is 31.2 Å². The minimum Gasteiger partial charge on any atom is -0.354 e. The van der Waals surface area contributed by atoms with Gasteiger partial charge < -0.3 is 15.1 Å². The van der Waals surface area contributed by atoms with Crippen molar-refractivity contribution in [3.8, 4) is 0 Å². The van der Waals surface area contributed by atoms with E-state index in [1.807, 2.05) is 0 Å². The summed E-state index contributed by atoms with van der Waals surface area (Å²) >= 11 is 0. The van der Waals surface area contributed by atoms with Gasteiger partial charge in [-0.25, -0.2) is 0 Å². The number of aromatic nitrogens is 3. The lowest BCUT2D eigenvalue weighted by atomic mass is 10.0. The van der Waals surface area contributed by atoms with Crippen LogP contribution < -0.4 is 15.1 Å². The van der Waals surface area contributed by atoms with Gasteiger partial charge in [0.25, 0.3) is 0 Å². The van der Waals surface area contributed by atoms with E-state index in [4.69, 9.17) is 4.98 Å². The zero-order valence-electron chi connectivity index (χ0n) is 15.5. The predicted molar refractivity (Wildman–Crippen MR) is 103 cm³/mol. The van der Waals surface area contributed by atoms with Crippen LogP contribution in [0.15, 0.2) is 24.3 Å². The van der Waals surface area contributed by atoms with Crippen molar-refractivity contribution in [1.29, 1.82) is 0 Å². The van der Waals surface area contributed by atoms with Crippen LogP contribution in [0.4, 0.5) is 17.8 Å². The Bertz CT molecular complexity index is 698. The first kappa shape index (κ1) is 17.5. The lowest BCUT2D eigenvalue weighted by Crippen LogP contribution is -2.33. The molecule has 0 saturated carbocycles. The standard InChI is InChI=1S/C19H28N6/c1-4-12-20-17-21-18(24(5-2)6-3)23-19(22-17)25-13-11-15-9-7-8-10-16(15)14-25/h7-10H,4-6,11-14H2,1-3H3,(H,20,21,22,23). The summed E-state index contributed by atoms with van der Waals surface area (Å²) in [5.41, 5.74) is 2.79. The molecule has 3 rings (SSSR count). The summed E-state index contributed by atoms with van der Waals surface area (Å²) in [6, 6.07) is 8.63. The van der Waals surface area contributed by atoms with E-state index >= 15 is 0 Å². The number of fused-ring (bicyclic) bond motifs is 1. The first-order chi connectivity index (χ1) is 12.2. The monoisotopic (exact) mass is 340 g/mol. The number of rotatable bonds is 7. The topological polar surface area (TPSA) is 57.2 Å². The Morgan fingerprint density at radius 2 is 1.80 bits per heavy atom. The molecule has 25 heavy (non-hydrogen) atoms. The molecule has 1 aromatic carbocycles. The van der Waals surface area contributed by atoms with E-state index in [1.54, 1.807) is 0 Å². The Kier molecular flexibility index (Phi) is 5.68. The van der Waals surface area contributed by atoms with E-state index in [0.29, 0.717) is 5.95 Å². The molecule has 0 aliphatic carbocycles. The molecule has 0 bridgehead atoms. The summed E-state index contributed by atoms with van der Waals surface area (Å²) < 4.78 is 0. The van der Waals surface area contributed by atoms with Crippen LogP contribution in [0.3, 0.4) is 0 Å². The quantitative estimate of drug-likeness (QED) is 0.836. The molecule has 2 heterocycles. The van der Waals surface area contributed by atoms with Gasteiger partial charge in [0, 0.05) is 32.7 Å². The first-order valence-electron chi connectivity index (χ1n) is 9.31. The van der Waals surface area contributed by atoms with Crippen molar-refractivity contribution in [3.05, 3.63) is 35.4 Å². The van der Waals surface area contributed by atoms with Crippen LogP contribution in [-0.2, 0) is 13.0 Å². The van der Waals surface area contributed by atoms with Gasteiger partial charge in [-0.05, 0) is 37.8 Å². The van der Waals surface area contributed by atoms with Crippen LogP contribution in [0.1, 0.15) is 38.3 Å². The van der Waals surface area contributed by atoms with Gasteiger partial charge >= 0.3 is 0 Å². The van der Waals surface area contributed by atoms with Gasteiger partial charge in [-0.15, -0.1) is 0 Å². The maximum Gasteiger partial charge on any atom is 0.232 e. The van der Waals surface area contributed by atoms with Gasteiger partial charge in [0.05, 0.1) is 0 Å². The van der Waals surface area contributed by atoms with Crippen LogP contribution in [0, 0.1) is 0 Å². The fourth-order valence-corrected chi connectivity index (χ4v) is 3.13. The highest BCUT2D eigenvalue weighted by atomic mass is 15.4. The molecule has 0 spiro atoms. The molecule has 0 unspecified atom stereocenters. The summed E-state index contributed by atoms with van der Waals surface area (Å²) in [5, 5.41) is 3.32. The zero-order chi connectivity index (χ0) is 17.6. The molecule has 134 valence electrons. The first-order valence-corrected chi connectivity index (χ1v) is 9.31. The number of nitrogens with zero attached hydrogens (tertiary/aromatic N) is 5. The fourth-order valence-electron chi connectivity index (χ4n) is 3.13. The fraction of sp³-hybridized carbons (Fsp3) is 0.526. The molecular weight excluding hydrogens is 312 g/mol. The maximum absolute atomic E-state index is 4.77. The second-order valence-electron chi connectivity index (χ2n) is 6.30. The molecule has 0 fully saturated rings. The lowest BCUT2D eigenvalue weighted by Gasteiger charge is -2.30. The molecule has 1 aliphatic heterocycles. The van der Waals surface area contributed by atoms with E-state index in [0.717, 1.165) is 57.5 Å². The van der Waals surface area contributed by atoms with E-state index in [9.17, 15) is 0 Å². The molecule has 2 aromatic rings. The van der Waals surface area contributed by atoms with Crippen LogP contribution in [-0.4, -0.2) is 41.1 Å². The molecular formula is C19H28N6. The summed E-state index contributed by atoms with van der Waals surface area (Å²) in [4.78, 5) is 18.5. The molecule has 6 heteroatoms. The van der Waals surface area contributed by atoms with Crippen LogP contribution in [0.25, 0.3) is 0 Å². The highest BCUT2D eigenvalue weighted by Gasteiger charge is 2.20. The molecule has 0 radical (unpaired) electrons. The van der Waals surface area contributed by atoms with Gasteiger partial charge in [0.1, 0.15) is 0 Å². The molecule has 1 N–H and O–H groups in total. The number of anilines is 3. The summed E-state index contributed by atoms with van der Waals surface area (Å²) in [7, 11) is 0. The van der Waals surface area contributed by atoms with Gasteiger partial charge in [0.2, 0.25) is 17.8 Å². The van der Waals surface area contributed by atoms with Crippen molar-refractivity contribution in [2.75, 3.05) is 41.3 Å². The Morgan fingerprint density at radius 1 is 1.04 bits per heavy atom. The van der Waals surface area contributed by atoms with Crippen molar-refractivity contribution in [3.63, 3.8) is 0 Å². The highest BCUT2D eigenvalue weighted by molar-refractivity contribution is 5.47. The van der Waals surface area contributed by atoms with Crippen molar-refractivity contribution in [1.82, 2.24) is 15.0 Å². The Hall–Kier alpha value is -2.37. The average molecular weight is 340 g/mol. The molecule has 1 aliphatic rings. The summed E-state index contributed by atoms with van der Waals surface area (Å²) in [6.07, 6.45) is 2.07. The zero-order valence-corrected chi connectivity index (χ0v) is 15.5. The third kappa shape index (κ3) is 4.00. The Morgan fingerprint density at radius 3 is 2.52 bits per heavy atom. The van der Waals surface area contributed by atoms with Crippen molar-refractivity contribution >= 4 is 17.8 Å². The number of hydrogen-bond acceptors (Lipinski definition) is 6. The molecule has 0 atom stereocenters. The predicted octanol–water partition coefficient (Wildman–Crippen LogP) is 3.10. The van der Waals surface area contributed by atoms with Gasteiger partial charge in [-0.3, -0.25) is 0 Å². The van der Waals surface area contributed by atoms with E-state index < -0.39 is 0 Å². The lowest BCUT2D eigenvalue weighted by molar-refractivity contribution is 0.699. The highest BCUT2D eigenvalue weighted by Crippen LogP contribution is 2.24. The minimum absolute atomic E-state index is 0.674. The third-order valence-electron chi connectivity index (χ3n) is 4.60. The summed E-state index contributed by atoms with van der Waals surface area (Å²) in [5.74, 6) is 2.20. The number of benzene rings is 1. The van der Waals surface area contributed by atoms with Crippen LogP contribution in [0.5, 0.6) is 0 Å². The Balaban J connectivity index is 1.90. The minimum atomic E-state index is 0.674. The van der Waals surface area contributed by atoms with E-state index in [-0.39, 0.29) is 0 Å². The van der Waals surface area contributed by atoms with E-state index in [2.05, 4.69) is 70.1 Å². The normalized spacial score (nSPS) is 13.5. The molecule has 6 nitrogen and oxygen atoms in total. The van der Waals surface area contributed by atoms with Crippen molar-refractivity contribution < 1.29 is 0 Å². The van der Waals surface area contributed by atoms with Crippen LogP contribution in [0.2, 0.25) is 0 Å². The second kappa shape index (κ2) is 8.14. The van der Waals surface area contributed by atoms with Crippen molar-refractivity contribution in [2.45, 2.75) is 40.2 Å². The summed E-state index contributed by atoms with van der Waals surface area (Å²) in [6.45, 7) is 10.8. The molecule has 1 aromatic heterocycles. The maximum atomic E-state index is 4.77. The number of hydrogen-bond donors (Lipinski definition) is 1. The van der Waals surface area contributed by atoms with Crippen molar-refractivity contribution in [2.24, 2.45) is 0 Å². The largest absolute Gasteiger partial charge is 0.354 e. The van der Waals surface area contributed by atoms with Gasteiger partial charge in [-0.2, -0.15) is 15.0 Å². The van der Waals surface area contributed by atoms with E-state index in [1.165, 1.54) is 11.1 Å².